The second-order valence-corrected chi connectivity index (χ2v) is 3.49. The fraction of sp³-hybridized carbons (Fsp3) is 0.600. The van der Waals surface area contributed by atoms with Gasteiger partial charge in [0.05, 0.1) is 13.7 Å². The van der Waals surface area contributed by atoms with Gasteiger partial charge in [0.15, 0.2) is 0 Å². The van der Waals surface area contributed by atoms with Crippen LogP contribution in [0.2, 0.25) is 0 Å². The molecule has 0 saturated heterocycles. The molecule has 0 fully saturated rings. The highest BCUT2D eigenvalue weighted by molar-refractivity contribution is 5.90. The van der Waals surface area contributed by atoms with E-state index in [9.17, 15) is 19.2 Å². The first-order valence-electron chi connectivity index (χ1n) is 5.25. The van der Waals surface area contributed by atoms with Crippen molar-refractivity contribution in [1.29, 1.82) is 0 Å². The summed E-state index contributed by atoms with van der Waals surface area (Å²) in [4.78, 5) is 44.0. The first-order chi connectivity index (χ1) is 8.36. The number of amides is 3. The predicted molar refractivity (Wildman–Crippen MR) is 61.3 cm³/mol. The lowest BCUT2D eigenvalue weighted by Crippen LogP contribution is -2.47. The highest BCUT2D eigenvalue weighted by Gasteiger charge is 2.14. The molecule has 3 N–H and O–H groups in total. The second-order valence-electron chi connectivity index (χ2n) is 3.49. The van der Waals surface area contributed by atoms with Gasteiger partial charge in [-0.05, 0) is 6.92 Å². The van der Waals surface area contributed by atoms with Gasteiger partial charge in [-0.15, -0.1) is 0 Å². The van der Waals surface area contributed by atoms with Crippen LogP contribution < -0.4 is 16.0 Å². The Kier molecular flexibility index (Phi) is 7.10. The van der Waals surface area contributed by atoms with Gasteiger partial charge in [-0.1, -0.05) is 0 Å². The van der Waals surface area contributed by atoms with E-state index < -0.39 is 23.8 Å². The molecule has 8 nitrogen and oxygen atoms in total. The molecule has 102 valence electrons. The van der Waals surface area contributed by atoms with Gasteiger partial charge in [-0.2, -0.15) is 0 Å². The molecule has 0 aliphatic heterocycles. The minimum Gasteiger partial charge on any atom is -0.468 e. The Morgan fingerprint density at radius 3 is 2.22 bits per heavy atom. The first kappa shape index (κ1) is 15.9. The summed E-state index contributed by atoms with van der Waals surface area (Å²) in [5.74, 6) is -1.93. The lowest BCUT2D eigenvalue weighted by atomic mass is 10.3. The molecule has 0 rings (SSSR count). The number of carbonyl (C=O) groups excluding carboxylic acids is 4. The molecule has 1 unspecified atom stereocenters. The van der Waals surface area contributed by atoms with E-state index in [-0.39, 0.29) is 19.0 Å². The van der Waals surface area contributed by atoms with Crippen molar-refractivity contribution in [2.45, 2.75) is 19.9 Å². The van der Waals surface area contributed by atoms with Gasteiger partial charge in [0.1, 0.15) is 12.6 Å². The average molecular weight is 259 g/mol. The van der Waals surface area contributed by atoms with E-state index in [1.807, 2.05) is 0 Å². The molecule has 18 heavy (non-hydrogen) atoms. The molecule has 0 bridgehead atoms. The largest absolute Gasteiger partial charge is 0.468 e. The lowest BCUT2D eigenvalue weighted by Gasteiger charge is -2.12. The number of esters is 1. The summed E-state index contributed by atoms with van der Waals surface area (Å²) in [6.45, 7) is 2.24. The molecule has 0 aromatic carbocycles. The lowest BCUT2D eigenvalue weighted by molar-refractivity contribution is -0.141. The van der Waals surface area contributed by atoms with Gasteiger partial charge in [-0.3, -0.25) is 19.2 Å². The standard InChI is InChI=1S/C10H17N3O5/c1-6(13-7(2)14)10(17)12-4-8(15)11-5-9(16)18-3/h6H,4-5H2,1-3H3,(H,11,15)(H,12,17)(H,13,14). The average Bonchev–Trinajstić information content (AvgIpc) is 2.31. The van der Waals surface area contributed by atoms with E-state index in [1.54, 1.807) is 0 Å². The molecular weight excluding hydrogens is 242 g/mol. The maximum absolute atomic E-state index is 11.4. The highest BCUT2D eigenvalue weighted by Crippen LogP contribution is 1.81. The predicted octanol–water partition coefficient (Wildman–Crippen LogP) is -2.08. The fourth-order valence-corrected chi connectivity index (χ4v) is 0.996. The molecule has 8 heteroatoms. The number of hydrogen-bond donors (Lipinski definition) is 3. The molecule has 0 aromatic heterocycles. The van der Waals surface area contributed by atoms with Crippen molar-refractivity contribution in [3.8, 4) is 0 Å². The smallest absolute Gasteiger partial charge is 0.325 e. The SMILES string of the molecule is COC(=O)CNC(=O)CNC(=O)C(C)NC(C)=O. The molecule has 0 aliphatic carbocycles. The van der Waals surface area contributed by atoms with Gasteiger partial charge >= 0.3 is 5.97 Å². The van der Waals surface area contributed by atoms with Gasteiger partial charge < -0.3 is 20.7 Å². The van der Waals surface area contributed by atoms with E-state index in [0.717, 1.165) is 0 Å². The van der Waals surface area contributed by atoms with Crippen molar-refractivity contribution in [2.24, 2.45) is 0 Å². The summed E-state index contributed by atoms with van der Waals surface area (Å²) in [5.41, 5.74) is 0. The van der Waals surface area contributed by atoms with Crippen LogP contribution in [0.3, 0.4) is 0 Å². The Morgan fingerprint density at radius 1 is 1.11 bits per heavy atom. The highest BCUT2D eigenvalue weighted by atomic mass is 16.5. The second kappa shape index (κ2) is 8.04. The van der Waals surface area contributed by atoms with Crippen LogP contribution in [0.4, 0.5) is 0 Å². The number of nitrogens with one attached hydrogen (secondary N) is 3. The van der Waals surface area contributed by atoms with Crippen LogP contribution in [0.1, 0.15) is 13.8 Å². The van der Waals surface area contributed by atoms with Crippen LogP contribution in [0.15, 0.2) is 0 Å². The van der Waals surface area contributed by atoms with Gasteiger partial charge in [0.2, 0.25) is 17.7 Å². The van der Waals surface area contributed by atoms with E-state index >= 15 is 0 Å². The maximum Gasteiger partial charge on any atom is 0.325 e. The Labute approximate surface area is 104 Å². The molecule has 0 saturated carbocycles. The third-order valence-corrected chi connectivity index (χ3v) is 1.89. The van der Waals surface area contributed by atoms with Gasteiger partial charge in [0, 0.05) is 6.92 Å². The van der Waals surface area contributed by atoms with Gasteiger partial charge in [-0.25, -0.2) is 0 Å². The summed E-state index contributed by atoms with van der Waals surface area (Å²) in [6, 6.07) is -0.726. The van der Waals surface area contributed by atoms with Crippen molar-refractivity contribution in [1.82, 2.24) is 16.0 Å². The monoisotopic (exact) mass is 259 g/mol. The zero-order valence-electron chi connectivity index (χ0n) is 10.5. The summed E-state index contributed by atoms with van der Waals surface area (Å²) >= 11 is 0. The Balaban J connectivity index is 3.87. The van der Waals surface area contributed by atoms with E-state index in [2.05, 4.69) is 20.7 Å². The first-order valence-corrected chi connectivity index (χ1v) is 5.25. The minimum absolute atomic E-state index is 0.257. The number of hydrogen-bond acceptors (Lipinski definition) is 5. The molecule has 3 amide bonds. The fourth-order valence-electron chi connectivity index (χ4n) is 0.996. The van der Waals surface area contributed by atoms with E-state index in [1.165, 1.54) is 21.0 Å². The summed E-state index contributed by atoms with van der Waals surface area (Å²) in [6.07, 6.45) is 0. The number of ether oxygens (including phenoxy) is 1. The topological polar surface area (TPSA) is 114 Å². The van der Waals surface area contributed by atoms with Crippen molar-refractivity contribution in [3.63, 3.8) is 0 Å². The normalized spacial score (nSPS) is 11.1. The van der Waals surface area contributed by atoms with Crippen molar-refractivity contribution >= 4 is 23.7 Å². The van der Waals surface area contributed by atoms with E-state index in [0.29, 0.717) is 0 Å². The molecule has 0 radical (unpaired) electrons. The van der Waals surface area contributed by atoms with Crippen LogP contribution in [0.5, 0.6) is 0 Å². The van der Waals surface area contributed by atoms with E-state index in [4.69, 9.17) is 0 Å². The van der Waals surface area contributed by atoms with Gasteiger partial charge in [0.25, 0.3) is 0 Å². The zero-order valence-corrected chi connectivity index (χ0v) is 10.5. The maximum atomic E-state index is 11.4. The summed E-state index contributed by atoms with van der Waals surface area (Å²) < 4.78 is 4.32. The Morgan fingerprint density at radius 2 is 1.72 bits per heavy atom. The minimum atomic E-state index is -0.726. The molecule has 0 aliphatic rings. The van der Waals surface area contributed by atoms with Crippen LogP contribution in [0.25, 0.3) is 0 Å². The summed E-state index contributed by atoms with van der Waals surface area (Å²) in [7, 11) is 1.20. The molecule has 1 atom stereocenters. The Bertz CT molecular complexity index is 342. The van der Waals surface area contributed by atoms with Crippen molar-refractivity contribution in [2.75, 3.05) is 20.2 Å². The molecule has 0 heterocycles. The number of methoxy groups -OCH3 is 1. The van der Waals surface area contributed by atoms with Crippen LogP contribution in [-0.4, -0.2) is 49.9 Å². The quantitative estimate of drug-likeness (QED) is 0.474. The third kappa shape index (κ3) is 7.20. The summed E-state index contributed by atoms with van der Waals surface area (Å²) in [5, 5.41) is 6.93. The van der Waals surface area contributed by atoms with Crippen LogP contribution in [0, 0.1) is 0 Å². The number of carbonyl (C=O) groups is 4. The van der Waals surface area contributed by atoms with Crippen molar-refractivity contribution in [3.05, 3.63) is 0 Å². The molecule has 0 spiro atoms. The Hall–Kier alpha value is -2.12. The number of rotatable bonds is 6. The van der Waals surface area contributed by atoms with Crippen LogP contribution in [-0.2, 0) is 23.9 Å². The van der Waals surface area contributed by atoms with Crippen molar-refractivity contribution < 1.29 is 23.9 Å². The third-order valence-electron chi connectivity index (χ3n) is 1.89. The molecule has 0 aromatic rings. The molecular formula is C10H17N3O5. The zero-order chi connectivity index (χ0) is 14.1. The van der Waals surface area contributed by atoms with Crippen LogP contribution >= 0.6 is 0 Å².